The number of esters is 1. The molecule has 174 valence electrons. The maximum Gasteiger partial charge on any atom is 0.336 e. The molecule has 3 aromatic rings. The van der Waals surface area contributed by atoms with E-state index in [-0.39, 0.29) is 12.4 Å². The summed E-state index contributed by atoms with van der Waals surface area (Å²) in [6.07, 6.45) is 4.40. The van der Waals surface area contributed by atoms with Crippen molar-refractivity contribution in [3.8, 4) is 17.2 Å². The van der Waals surface area contributed by atoms with Crippen molar-refractivity contribution in [2.75, 3.05) is 13.7 Å². The Balaban J connectivity index is 1.53. The van der Waals surface area contributed by atoms with Gasteiger partial charge in [0.1, 0.15) is 5.75 Å². The van der Waals surface area contributed by atoms with E-state index in [0.717, 1.165) is 5.56 Å². The molecule has 0 aliphatic heterocycles. The van der Waals surface area contributed by atoms with E-state index < -0.39 is 11.9 Å². The van der Waals surface area contributed by atoms with Crippen LogP contribution < -0.4 is 19.6 Å². The minimum Gasteiger partial charge on any atom is -0.493 e. The largest absolute Gasteiger partial charge is 0.493 e. The van der Waals surface area contributed by atoms with Crippen LogP contribution >= 0.6 is 23.2 Å². The normalized spacial score (nSPS) is 10.9. The Kier molecular flexibility index (Phi) is 9.08. The summed E-state index contributed by atoms with van der Waals surface area (Å²) in [5, 5.41) is 4.65. The fraction of sp³-hybridized carbons (Fsp3) is 0.0800. The summed E-state index contributed by atoms with van der Waals surface area (Å²) < 4.78 is 16.0. The number of nitrogens with one attached hydrogen (secondary N) is 1. The zero-order chi connectivity index (χ0) is 24.3. The van der Waals surface area contributed by atoms with Gasteiger partial charge in [0.05, 0.1) is 18.3 Å². The highest BCUT2D eigenvalue weighted by Crippen LogP contribution is 2.28. The molecule has 0 aromatic heterocycles. The number of hydrogen-bond donors (Lipinski definition) is 1. The van der Waals surface area contributed by atoms with Crippen molar-refractivity contribution in [3.63, 3.8) is 0 Å². The molecule has 0 radical (unpaired) electrons. The van der Waals surface area contributed by atoms with E-state index in [1.54, 1.807) is 36.4 Å². The number of amides is 1. The number of ether oxygens (including phenoxy) is 3. The van der Waals surface area contributed by atoms with E-state index in [0.29, 0.717) is 27.1 Å². The topological polar surface area (TPSA) is 86.2 Å². The number of hydrazone groups is 1. The first-order valence-corrected chi connectivity index (χ1v) is 10.7. The van der Waals surface area contributed by atoms with Crippen LogP contribution in [0.2, 0.25) is 10.0 Å². The van der Waals surface area contributed by atoms with E-state index in [9.17, 15) is 9.59 Å². The summed E-state index contributed by atoms with van der Waals surface area (Å²) >= 11 is 11.8. The summed E-state index contributed by atoms with van der Waals surface area (Å²) in [6, 6.07) is 18.9. The van der Waals surface area contributed by atoms with Crippen LogP contribution in [0.4, 0.5) is 0 Å². The maximum absolute atomic E-state index is 12.1. The molecule has 0 aliphatic carbocycles. The van der Waals surface area contributed by atoms with Crippen LogP contribution in [-0.4, -0.2) is 31.8 Å². The minimum atomic E-state index is -0.545. The lowest BCUT2D eigenvalue weighted by atomic mass is 10.2. The number of carbonyl (C=O) groups excluding carboxylic acids is 2. The lowest BCUT2D eigenvalue weighted by molar-refractivity contribution is -0.129. The number of nitrogens with zero attached hydrogens (tertiary/aromatic N) is 1. The van der Waals surface area contributed by atoms with Crippen LogP contribution in [-0.2, 0) is 9.59 Å². The number of carbonyl (C=O) groups is 2. The molecule has 0 heterocycles. The molecule has 0 atom stereocenters. The van der Waals surface area contributed by atoms with Gasteiger partial charge in [-0.15, -0.1) is 0 Å². The lowest BCUT2D eigenvalue weighted by Gasteiger charge is -2.09. The monoisotopic (exact) mass is 498 g/mol. The molecule has 0 bridgehead atoms. The molecule has 0 unspecified atom stereocenters. The molecule has 7 nitrogen and oxygen atoms in total. The van der Waals surface area contributed by atoms with Crippen LogP contribution in [0.5, 0.6) is 17.2 Å². The Morgan fingerprint density at radius 2 is 1.71 bits per heavy atom. The van der Waals surface area contributed by atoms with Crippen molar-refractivity contribution in [3.05, 3.63) is 94.0 Å². The smallest absolute Gasteiger partial charge is 0.336 e. The van der Waals surface area contributed by atoms with Crippen LogP contribution in [0, 0.1) is 0 Å². The zero-order valence-corrected chi connectivity index (χ0v) is 19.5. The molecule has 1 N–H and O–H groups in total. The van der Waals surface area contributed by atoms with Gasteiger partial charge in [-0.25, -0.2) is 10.2 Å². The first-order valence-electron chi connectivity index (χ1n) is 9.97. The molecule has 0 saturated heterocycles. The number of methoxy groups -OCH3 is 1. The summed E-state index contributed by atoms with van der Waals surface area (Å²) in [5.41, 5.74) is 3.84. The molecular weight excluding hydrogens is 479 g/mol. The van der Waals surface area contributed by atoms with Gasteiger partial charge in [0, 0.05) is 11.1 Å². The Labute approximate surface area is 206 Å². The second kappa shape index (κ2) is 12.4. The standard InChI is InChI=1S/C25H20Cl2N2O5/c1-32-23-13-18(7-10-22(23)34-25(31)12-8-17-5-3-2-4-6-17)15-28-29-24(30)16-33-21-11-9-19(26)14-20(21)27/h2-15H,16H2,1H3,(H,29,30). The van der Waals surface area contributed by atoms with Crippen molar-refractivity contribution in [1.82, 2.24) is 5.43 Å². The second-order valence-corrected chi connectivity index (χ2v) is 7.58. The van der Waals surface area contributed by atoms with Crippen molar-refractivity contribution in [1.29, 1.82) is 0 Å². The molecule has 0 aliphatic rings. The first kappa shape index (κ1) is 24.8. The summed E-state index contributed by atoms with van der Waals surface area (Å²) in [7, 11) is 1.45. The molecule has 0 fully saturated rings. The number of rotatable bonds is 9. The molecule has 3 rings (SSSR count). The molecule has 3 aromatic carbocycles. The van der Waals surface area contributed by atoms with E-state index >= 15 is 0 Å². The Morgan fingerprint density at radius 3 is 2.44 bits per heavy atom. The Hall–Kier alpha value is -3.81. The van der Waals surface area contributed by atoms with Gasteiger partial charge in [-0.1, -0.05) is 53.5 Å². The average molecular weight is 499 g/mol. The highest BCUT2D eigenvalue weighted by atomic mass is 35.5. The zero-order valence-electron chi connectivity index (χ0n) is 18.0. The van der Waals surface area contributed by atoms with Crippen molar-refractivity contribution in [2.45, 2.75) is 0 Å². The predicted octanol–water partition coefficient (Wildman–Crippen LogP) is 5.15. The van der Waals surface area contributed by atoms with Crippen LogP contribution in [0.15, 0.2) is 77.9 Å². The van der Waals surface area contributed by atoms with Crippen molar-refractivity contribution in [2.24, 2.45) is 5.10 Å². The average Bonchev–Trinajstić information content (AvgIpc) is 2.83. The van der Waals surface area contributed by atoms with Crippen molar-refractivity contribution < 1.29 is 23.8 Å². The third-order valence-corrected chi connectivity index (χ3v) is 4.80. The fourth-order valence-electron chi connectivity index (χ4n) is 2.67. The third kappa shape index (κ3) is 7.65. The van der Waals surface area contributed by atoms with Crippen LogP contribution in [0.1, 0.15) is 11.1 Å². The second-order valence-electron chi connectivity index (χ2n) is 6.73. The number of benzene rings is 3. The highest BCUT2D eigenvalue weighted by Gasteiger charge is 2.09. The maximum atomic E-state index is 12.1. The van der Waals surface area contributed by atoms with Gasteiger partial charge >= 0.3 is 5.97 Å². The minimum absolute atomic E-state index is 0.250. The quantitative estimate of drug-likeness (QED) is 0.145. The van der Waals surface area contributed by atoms with Crippen molar-refractivity contribution >= 4 is 47.4 Å². The van der Waals surface area contributed by atoms with E-state index in [4.69, 9.17) is 37.4 Å². The van der Waals surface area contributed by atoms with E-state index in [2.05, 4.69) is 10.5 Å². The van der Waals surface area contributed by atoms with Gasteiger partial charge < -0.3 is 14.2 Å². The van der Waals surface area contributed by atoms with Gasteiger partial charge in [0.2, 0.25) is 0 Å². The molecule has 1 amide bonds. The van der Waals surface area contributed by atoms with Gasteiger partial charge in [0.25, 0.3) is 5.91 Å². The van der Waals surface area contributed by atoms with Gasteiger partial charge in [0.15, 0.2) is 18.1 Å². The van der Waals surface area contributed by atoms with Gasteiger partial charge in [-0.3, -0.25) is 4.79 Å². The summed E-state index contributed by atoms with van der Waals surface area (Å²) in [6.45, 7) is -0.284. The SMILES string of the molecule is COc1cc(C=NNC(=O)COc2ccc(Cl)cc2Cl)ccc1OC(=O)C=Cc1ccccc1. The van der Waals surface area contributed by atoms with Gasteiger partial charge in [-0.05, 0) is 53.6 Å². The highest BCUT2D eigenvalue weighted by molar-refractivity contribution is 6.35. The summed E-state index contributed by atoms with van der Waals surface area (Å²) in [5.74, 6) is -0.114. The molecule has 9 heteroatoms. The first-order chi connectivity index (χ1) is 16.4. The van der Waals surface area contributed by atoms with Gasteiger partial charge in [-0.2, -0.15) is 5.10 Å². The predicted molar refractivity (Wildman–Crippen MR) is 132 cm³/mol. The molecule has 0 saturated carbocycles. The lowest BCUT2D eigenvalue weighted by Crippen LogP contribution is -2.24. The number of halogens is 2. The van der Waals surface area contributed by atoms with E-state index in [1.807, 2.05) is 30.3 Å². The molecular formula is C25H20Cl2N2O5. The Morgan fingerprint density at radius 1 is 0.941 bits per heavy atom. The fourth-order valence-corrected chi connectivity index (χ4v) is 3.13. The Bertz CT molecular complexity index is 1210. The third-order valence-electron chi connectivity index (χ3n) is 4.27. The number of hydrogen-bond acceptors (Lipinski definition) is 6. The van der Waals surface area contributed by atoms with Crippen LogP contribution in [0.3, 0.4) is 0 Å². The van der Waals surface area contributed by atoms with E-state index in [1.165, 1.54) is 25.5 Å². The summed E-state index contributed by atoms with van der Waals surface area (Å²) in [4.78, 5) is 24.1. The molecule has 34 heavy (non-hydrogen) atoms. The molecule has 0 spiro atoms. The van der Waals surface area contributed by atoms with Crippen LogP contribution in [0.25, 0.3) is 6.08 Å².